The summed E-state index contributed by atoms with van der Waals surface area (Å²) in [5.74, 6) is -0.371. The van der Waals surface area contributed by atoms with Gasteiger partial charge in [-0.1, -0.05) is 19.9 Å². The average Bonchev–Trinajstić information content (AvgIpc) is 3.25. The Morgan fingerprint density at radius 1 is 1.10 bits per heavy atom. The molecule has 2 N–H and O–H groups in total. The molecule has 1 aromatic heterocycles. The fraction of sp³-hybridized carbons (Fsp3) is 0.350. The molecule has 9 heteroatoms. The average molecular weight is 420 g/mol. The summed E-state index contributed by atoms with van der Waals surface area (Å²) in [4.78, 5) is 36.1. The summed E-state index contributed by atoms with van der Waals surface area (Å²) in [5, 5.41) is 1.74. The van der Waals surface area contributed by atoms with Crippen LogP contribution < -0.4 is 20.3 Å². The van der Waals surface area contributed by atoms with Crippen LogP contribution >= 0.6 is 11.3 Å². The molecule has 29 heavy (non-hydrogen) atoms. The molecule has 0 spiro atoms. The van der Waals surface area contributed by atoms with Gasteiger partial charge in [-0.2, -0.15) is 0 Å². The second kappa shape index (κ2) is 11.1. The van der Waals surface area contributed by atoms with Crippen LogP contribution in [0.1, 0.15) is 40.3 Å². The van der Waals surface area contributed by atoms with Crippen molar-refractivity contribution < 1.29 is 28.6 Å². The summed E-state index contributed by atoms with van der Waals surface area (Å²) in [6.45, 7) is 4.20. The van der Waals surface area contributed by atoms with E-state index in [1.54, 1.807) is 23.6 Å². The summed E-state index contributed by atoms with van der Waals surface area (Å²) in [6, 6.07) is 7.99. The number of carbonyl (C=O) groups excluding carboxylic acids is 3. The highest BCUT2D eigenvalue weighted by molar-refractivity contribution is 7.12. The van der Waals surface area contributed by atoms with Crippen molar-refractivity contribution in [2.24, 2.45) is 5.92 Å². The molecule has 0 saturated carbocycles. The smallest absolute Gasteiger partial charge is 0.338 e. The second-order valence-corrected chi connectivity index (χ2v) is 7.40. The van der Waals surface area contributed by atoms with Crippen LogP contribution in [0.4, 0.5) is 0 Å². The van der Waals surface area contributed by atoms with Crippen LogP contribution in [0.2, 0.25) is 0 Å². The Kier molecular flexibility index (Phi) is 8.47. The molecular formula is C20H24N2O6S. The molecule has 2 aromatic rings. The monoisotopic (exact) mass is 420 g/mol. The first kappa shape index (κ1) is 22.2. The molecule has 8 nitrogen and oxygen atoms in total. The van der Waals surface area contributed by atoms with Crippen LogP contribution in [0.25, 0.3) is 0 Å². The first-order valence-electron chi connectivity index (χ1n) is 9.01. The molecule has 0 radical (unpaired) electrons. The standard InChI is InChI=1S/C20H24N2O6S/c1-13(2)8-9-27-15-7-6-14(11-16(15)26-3)20(25)28-12-18(23)21-22-19(24)17-5-4-10-29-17/h4-7,10-11,13H,8-9,12H2,1-3H3,(H,21,23)(H,22,24). The van der Waals surface area contributed by atoms with E-state index in [1.807, 2.05) is 0 Å². The number of amides is 2. The van der Waals surface area contributed by atoms with Crippen molar-refractivity contribution in [2.45, 2.75) is 20.3 Å². The highest BCUT2D eigenvalue weighted by Crippen LogP contribution is 2.28. The minimum atomic E-state index is -0.697. The lowest BCUT2D eigenvalue weighted by atomic mass is 10.1. The lowest BCUT2D eigenvalue weighted by Crippen LogP contribution is -2.43. The minimum Gasteiger partial charge on any atom is -0.493 e. The summed E-state index contributed by atoms with van der Waals surface area (Å²) in [6.07, 6.45) is 0.894. The fourth-order valence-corrected chi connectivity index (χ4v) is 2.78. The fourth-order valence-electron chi connectivity index (χ4n) is 2.16. The third-order valence-electron chi connectivity index (χ3n) is 3.75. The predicted octanol–water partition coefficient (Wildman–Crippen LogP) is 2.80. The Bertz CT molecular complexity index is 836. The van der Waals surface area contributed by atoms with Crippen molar-refractivity contribution in [2.75, 3.05) is 20.3 Å². The van der Waals surface area contributed by atoms with Gasteiger partial charge in [0.2, 0.25) is 0 Å². The van der Waals surface area contributed by atoms with Crippen LogP contribution in [0.15, 0.2) is 35.7 Å². The van der Waals surface area contributed by atoms with Crippen molar-refractivity contribution in [3.8, 4) is 11.5 Å². The number of thiophene rings is 1. The van der Waals surface area contributed by atoms with E-state index < -0.39 is 24.4 Å². The molecule has 0 saturated heterocycles. The normalized spacial score (nSPS) is 10.3. The topological polar surface area (TPSA) is 103 Å². The number of rotatable bonds is 9. The van der Waals surface area contributed by atoms with E-state index in [2.05, 4.69) is 24.7 Å². The molecular weight excluding hydrogens is 396 g/mol. The number of carbonyl (C=O) groups is 3. The van der Waals surface area contributed by atoms with Crippen molar-refractivity contribution in [3.05, 3.63) is 46.2 Å². The van der Waals surface area contributed by atoms with Crippen LogP contribution in [0, 0.1) is 5.92 Å². The zero-order chi connectivity index (χ0) is 21.2. The van der Waals surface area contributed by atoms with Gasteiger partial charge in [0.1, 0.15) is 0 Å². The first-order chi connectivity index (χ1) is 13.9. The lowest BCUT2D eigenvalue weighted by molar-refractivity contribution is -0.125. The zero-order valence-corrected chi connectivity index (χ0v) is 17.3. The number of hydrogen-bond donors (Lipinski definition) is 2. The van der Waals surface area contributed by atoms with E-state index in [0.717, 1.165) is 6.42 Å². The van der Waals surface area contributed by atoms with Crippen LogP contribution in [0.3, 0.4) is 0 Å². The number of esters is 1. The number of hydrogen-bond acceptors (Lipinski definition) is 7. The van der Waals surface area contributed by atoms with Crippen LogP contribution in [-0.2, 0) is 9.53 Å². The molecule has 0 atom stereocenters. The van der Waals surface area contributed by atoms with E-state index in [-0.39, 0.29) is 5.56 Å². The summed E-state index contributed by atoms with van der Waals surface area (Å²) in [7, 11) is 1.48. The van der Waals surface area contributed by atoms with Crippen molar-refractivity contribution in [1.29, 1.82) is 0 Å². The molecule has 0 aliphatic carbocycles. The van der Waals surface area contributed by atoms with Crippen LogP contribution in [-0.4, -0.2) is 38.1 Å². The van der Waals surface area contributed by atoms with Gasteiger partial charge in [0.25, 0.3) is 11.8 Å². The maximum atomic E-state index is 12.2. The quantitative estimate of drug-likeness (QED) is 0.478. The predicted molar refractivity (Wildman–Crippen MR) is 108 cm³/mol. The number of methoxy groups -OCH3 is 1. The molecule has 0 aliphatic heterocycles. The van der Waals surface area contributed by atoms with Gasteiger partial charge in [0.15, 0.2) is 18.1 Å². The van der Waals surface area contributed by atoms with Gasteiger partial charge < -0.3 is 14.2 Å². The highest BCUT2D eigenvalue weighted by atomic mass is 32.1. The molecule has 0 bridgehead atoms. The van der Waals surface area contributed by atoms with E-state index in [1.165, 1.54) is 30.6 Å². The second-order valence-electron chi connectivity index (χ2n) is 6.45. The van der Waals surface area contributed by atoms with E-state index in [0.29, 0.717) is 28.9 Å². The number of hydrazine groups is 1. The van der Waals surface area contributed by atoms with Gasteiger partial charge in [-0.15, -0.1) is 11.3 Å². The lowest BCUT2D eigenvalue weighted by Gasteiger charge is -2.13. The summed E-state index contributed by atoms with van der Waals surface area (Å²) < 4.78 is 15.9. The van der Waals surface area contributed by atoms with Gasteiger partial charge in [-0.25, -0.2) is 4.79 Å². The molecule has 0 unspecified atom stereocenters. The molecule has 1 aromatic carbocycles. The molecule has 2 amide bonds. The maximum absolute atomic E-state index is 12.2. The number of benzene rings is 1. The number of nitrogens with one attached hydrogen (secondary N) is 2. The summed E-state index contributed by atoms with van der Waals surface area (Å²) in [5.41, 5.74) is 4.65. The van der Waals surface area contributed by atoms with Gasteiger partial charge in [-0.05, 0) is 42.0 Å². The molecule has 1 heterocycles. The Balaban J connectivity index is 1.83. The largest absolute Gasteiger partial charge is 0.493 e. The van der Waals surface area contributed by atoms with E-state index >= 15 is 0 Å². The van der Waals surface area contributed by atoms with E-state index in [4.69, 9.17) is 14.2 Å². The summed E-state index contributed by atoms with van der Waals surface area (Å²) >= 11 is 1.24. The SMILES string of the molecule is COc1cc(C(=O)OCC(=O)NNC(=O)c2cccs2)ccc1OCCC(C)C. The van der Waals surface area contributed by atoms with E-state index in [9.17, 15) is 14.4 Å². The van der Waals surface area contributed by atoms with Crippen molar-refractivity contribution >= 4 is 29.1 Å². The van der Waals surface area contributed by atoms with Gasteiger partial charge >= 0.3 is 5.97 Å². The molecule has 2 rings (SSSR count). The van der Waals surface area contributed by atoms with Gasteiger partial charge in [-0.3, -0.25) is 20.4 Å². The zero-order valence-electron chi connectivity index (χ0n) is 16.5. The van der Waals surface area contributed by atoms with Crippen LogP contribution in [0.5, 0.6) is 11.5 Å². The Hall–Kier alpha value is -3.07. The van der Waals surface area contributed by atoms with Crippen molar-refractivity contribution in [3.63, 3.8) is 0 Å². The maximum Gasteiger partial charge on any atom is 0.338 e. The Labute approximate surface area is 173 Å². The number of ether oxygens (including phenoxy) is 3. The third-order valence-corrected chi connectivity index (χ3v) is 4.62. The highest BCUT2D eigenvalue weighted by Gasteiger charge is 2.15. The molecule has 0 fully saturated rings. The third kappa shape index (κ3) is 7.11. The first-order valence-corrected chi connectivity index (χ1v) is 9.89. The minimum absolute atomic E-state index is 0.216. The molecule has 0 aliphatic rings. The Morgan fingerprint density at radius 2 is 1.90 bits per heavy atom. The Morgan fingerprint density at radius 3 is 2.55 bits per heavy atom. The van der Waals surface area contributed by atoms with Crippen molar-refractivity contribution in [1.82, 2.24) is 10.9 Å². The molecule has 156 valence electrons. The van der Waals surface area contributed by atoms with Gasteiger partial charge in [0.05, 0.1) is 24.2 Å². The van der Waals surface area contributed by atoms with Gasteiger partial charge in [0, 0.05) is 0 Å².